The third kappa shape index (κ3) is 4.91. The van der Waals surface area contributed by atoms with E-state index in [1.165, 1.54) is 0 Å². The predicted octanol–water partition coefficient (Wildman–Crippen LogP) is 1.20. The van der Waals surface area contributed by atoms with E-state index in [9.17, 15) is 4.79 Å². The number of guanidine groups is 1. The zero-order chi connectivity index (χ0) is 15.1. The van der Waals surface area contributed by atoms with Gasteiger partial charge in [0, 0.05) is 40.3 Å². The standard InChI is InChI=1S/C15H24N4O/c1-12-7-6-8-13(11-12)14(20)16-9-10-17-15(18(2)3)19(4)5/h6-8,11H,9-10H2,1-5H3,(H,16,20). The van der Waals surface area contributed by atoms with Crippen molar-refractivity contribution < 1.29 is 4.79 Å². The van der Waals surface area contributed by atoms with E-state index in [2.05, 4.69) is 10.3 Å². The lowest BCUT2D eigenvalue weighted by molar-refractivity contribution is 0.0954. The van der Waals surface area contributed by atoms with Crippen LogP contribution in [-0.2, 0) is 0 Å². The number of amides is 1. The first-order valence-corrected chi connectivity index (χ1v) is 6.65. The van der Waals surface area contributed by atoms with Crippen LogP contribution in [-0.4, -0.2) is 62.9 Å². The molecular weight excluding hydrogens is 252 g/mol. The summed E-state index contributed by atoms with van der Waals surface area (Å²) < 4.78 is 0. The summed E-state index contributed by atoms with van der Waals surface area (Å²) in [6, 6.07) is 7.56. The van der Waals surface area contributed by atoms with E-state index >= 15 is 0 Å². The summed E-state index contributed by atoms with van der Waals surface area (Å²) in [6.45, 7) is 3.06. The summed E-state index contributed by atoms with van der Waals surface area (Å²) in [5.41, 5.74) is 1.77. The third-order valence-electron chi connectivity index (χ3n) is 2.73. The SMILES string of the molecule is Cc1cccc(C(=O)NCCN=C(N(C)C)N(C)C)c1. The zero-order valence-electron chi connectivity index (χ0n) is 13.0. The first-order chi connectivity index (χ1) is 9.41. The molecular formula is C15H24N4O. The molecule has 0 aromatic heterocycles. The quantitative estimate of drug-likeness (QED) is 0.511. The third-order valence-corrected chi connectivity index (χ3v) is 2.73. The van der Waals surface area contributed by atoms with Crippen molar-refractivity contribution in [3.05, 3.63) is 35.4 Å². The number of benzene rings is 1. The Balaban J connectivity index is 2.48. The molecule has 1 aromatic rings. The van der Waals surface area contributed by atoms with E-state index in [4.69, 9.17) is 0 Å². The molecule has 1 aromatic carbocycles. The molecule has 0 atom stereocenters. The van der Waals surface area contributed by atoms with Crippen molar-refractivity contribution in [3.63, 3.8) is 0 Å². The minimum absolute atomic E-state index is 0.0554. The first kappa shape index (κ1) is 16.0. The van der Waals surface area contributed by atoms with Crippen LogP contribution in [0.3, 0.4) is 0 Å². The van der Waals surface area contributed by atoms with Crippen molar-refractivity contribution in [2.75, 3.05) is 41.3 Å². The minimum atomic E-state index is -0.0554. The van der Waals surface area contributed by atoms with Gasteiger partial charge in [-0.15, -0.1) is 0 Å². The van der Waals surface area contributed by atoms with Gasteiger partial charge in [0.25, 0.3) is 5.91 Å². The second-order valence-corrected chi connectivity index (χ2v) is 5.10. The van der Waals surface area contributed by atoms with Crippen LogP contribution in [0.25, 0.3) is 0 Å². The molecule has 0 heterocycles. The summed E-state index contributed by atoms with van der Waals surface area (Å²) in [5, 5.41) is 2.88. The fraction of sp³-hybridized carbons (Fsp3) is 0.467. The fourth-order valence-electron chi connectivity index (χ4n) is 1.90. The number of hydrogen-bond acceptors (Lipinski definition) is 2. The lowest BCUT2D eigenvalue weighted by Crippen LogP contribution is -2.36. The van der Waals surface area contributed by atoms with Crippen LogP contribution in [0.5, 0.6) is 0 Å². The molecule has 0 spiro atoms. The fourth-order valence-corrected chi connectivity index (χ4v) is 1.90. The van der Waals surface area contributed by atoms with Gasteiger partial charge in [-0.25, -0.2) is 0 Å². The molecule has 1 N–H and O–H groups in total. The zero-order valence-corrected chi connectivity index (χ0v) is 13.0. The predicted molar refractivity (Wildman–Crippen MR) is 83.2 cm³/mol. The van der Waals surface area contributed by atoms with Gasteiger partial charge in [-0.05, 0) is 19.1 Å². The van der Waals surface area contributed by atoms with Crippen LogP contribution in [0, 0.1) is 6.92 Å². The van der Waals surface area contributed by atoms with Crippen molar-refractivity contribution in [3.8, 4) is 0 Å². The molecule has 0 bridgehead atoms. The lowest BCUT2D eigenvalue weighted by atomic mass is 10.1. The van der Waals surface area contributed by atoms with Gasteiger partial charge in [-0.3, -0.25) is 9.79 Å². The molecule has 0 aliphatic rings. The Kier molecular flexibility index (Phi) is 6.03. The monoisotopic (exact) mass is 276 g/mol. The molecule has 0 saturated carbocycles. The van der Waals surface area contributed by atoms with Gasteiger partial charge in [-0.2, -0.15) is 0 Å². The lowest BCUT2D eigenvalue weighted by Gasteiger charge is -2.22. The molecule has 5 nitrogen and oxygen atoms in total. The summed E-state index contributed by atoms with van der Waals surface area (Å²) in [4.78, 5) is 20.3. The van der Waals surface area contributed by atoms with E-state index in [1.807, 2.05) is 69.2 Å². The molecule has 0 aliphatic carbocycles. The summed E-state index contributed by atoms with van der Waals surface area (Å²) in [6.07, 6.45) is 0. The van der Waals surface area contributed by atoms with E-state index in [-0.39, 0.29) is 5.91 Å². The number of aliphatic imine (C=N–C) groups is 1. The molecule has 5 heteroatoms. The van der Waals surface area contributed by atoms with Gasteiger partial charge in [0.15, 0.2) is 5.96 Å². The Labute approximate surface area is 121 Å². The smallest absolute Gasteiger partial charge is 0.251 e. The second kappa shape index (κ2) is 7.53. The Bertz CT molecular complexity index is 471. The van der Waals surface area contributed by atoms with Crippen LogP contribution < -0.4 is 5.32 Å². The average molecular weight is 276 g/mol. The molecule has 0 radical (unpaired) electrons. The molecule has 20 heavy (non-hydrogen) atoms. The number of nitrogens with one attached hydrogen (secondary N) is 1. The van der Waals surface area contributed by atoms with Gasteiger partial charge in [0.2, 0.25) is 0 Å². The van der Waals surface area contributed by atoms with Gasteiger partial charge in [0.05, 0.1) is 6.54 Å². The Morgan fingerprint density at radius 1 is 1.20 bits per heavy atom. The highest BCUT2D eigenvalue weighted by Gasteiger charge is 2.05. The van der Waals surface area contributed by atoms with Crippen LogP contribution in [0.1, 0.15) is 15.9 Å². The molecule has 0 saturated heterocycles. The Morgan fingerprint density at radius 3 is 2.40 bits per heavy atom. The second-order valence-electron chi connectivity index (χ2n) is 5.10. The number of hydrogen-bond donors (Lipinski definition) is 1. The number of carbonyl (C=O) groups is 1. The molecule has 0 unspecified atom stereocenters. The first-order valence-electron chi connectivity index (χ1n) is 6.65. The van der Waals surface area contributed by atoms with Gasteiger partial charge in [-0.1, -0.05) is 17.7 Å². The van der Waals surface area contributed by atoms with E-state index in [0.29, 0.717) is 18.7 Å². The topological polar surface area (TPSA) is 47.9 Å². The average Bonchev–Trinajstić information content (AvgIpc) is 2.37. The van der Waals surface area contributed by atoms with Crippen LogP contribution in [0.4, 0.5) is 0 Å². The van der Waals surface area contributed by atoms with E-state index < -0.39 is 0 Å². The van der Waals surface area contributed by atoms with Gasteiger partial charge >= 0.3 is 0 Å². The number of carbonyl (C=O) groups excluding carboxylic acids is 1. The summed E-state index contributed by atoms with van der Waals surface area (Å²) >= 11 is 0. The van der Waals surface area contributed by atoms with Crippen molar-refractivity contribution in [1.82, 2.24) is 15.1 Å². The Hall–Kier alpha value is -2.04. The van der Waals surface area contributed by atoms with Gasteiger partial charge in [0.1, 0.15) is 0 Å². The van der Waals surface area contributed by atoms with Crippen LogP contribution in [0.2, 0.25) is 0 Å². The minimum Gasteiger partial charge on any atom is -0.350 e. The maximum absolute atomic E-state index is 11.9. The van der Waals surface area contributed by atoms with Crippen molar-refractivity contribution >= 4 is 11.9 Å². The molecule has 0 aliphatic heterocycles. The highest BCUT2D eigenvalue weighted by atomic mass is 16.1. The van der Waals surface area contributed by atoms with Gasteiger partial charge < -0.3 is 15.1 Å². The molecule has 1 rings (SSSR count). The molecule has 1 amide bonds. The number of rotatable bonds is 4. The van der Waals surface area contributed by atoms with Crippen molar-refractivity contribution in [2.45, 2.75) is 6.92 Å². The summed E-state index contributed by atoms with van der Waals surface area (Å²) in [7, 11) is 7.79. The largest absolute Gasteiger partial charge is 0.350 e. The number of nitrogens with zero attached hydrogens (tertiary/aromatic N) is 3. The maximum atomic E-state index is 11.9. The van der Waals surface area contributed by atoms with E-state index in [1.54, 1.807) is 0 Å². The number of aryl methyl sites for hydroxylation is 1. The summed E-state index contributed by atoms with van der Waals surface area (Å²) in [5.74, 6) is 0.829. The molecule has 0 fully saturated rings. The molecule has 110 valence electrons. The Morgan fingerprint density at radius 2 is 1.85 bits per heavy atom. The van der Waals surface area contributed by atoms with Crippen LogP contribution >= 0.6 is 0 Å². The highest BCUT2D eigenvalue weighted by Crippen LogP contribution is 2.03. The van der Waals surface area contributed by atoms with Crippen molar-refractivity contribution in [1.29, 1.82) is 0 Å². The normalized spacial score (nSPS) is 9.85. The van der Waals surface area contributed by atoms with E-state index in [0.717, 1.165) is 11.5 Å². The van der Waals surface area contributed by atoms with Crippen LogP contribution in [0.15, 0.2) is 29.3 Å². The maximum Gasteiger partial charge on any atom is 0.251 e. The highest BCUT2D eigenvalue weighted by molar-refractivity contribution is 5.94. The van der Waals surface area contributed by atoms with Crippen molar-refractivity contribution in [2.24, 2.45) is 4.99 Å².